The first-order valence-electron chi connectivity index (χ1n) is 32.2. The lowest BCUT2D eigenvalue weighted by Crippen LogP contribution is -2.60. The summed E-state index contributed by atoms with van der Waals surface area (Å²) >= 11 is 4.78. The van der Waals surface area contributed by atoms with Gasteiger partial charge in [0.05, 0.1) is 66.6 Å². The van der Waals surface area contributed by atoms with Gasteiger partial charge in [0.15, 0.2) is 32.7 Å². The Balaban J connectivity index is 0.000000123. The highest BCUT2D eigenvalue weighted by Crippen LogP contribution is 2.40. The predicted molar refractivity (Wildman–Crippen MR) is 377 cm³/mol. The molecule has 4 aliphatic heterocycles. The van der Waals surface area contributed by atoms with E-state index in [1.165, 1.54) is 36.3 Å². The largest absolute Gasteiger partial charge is 0.359 e. The summed E-state index contributed by atoms with van der Waals surface area (Å²) in [7, 11) is 5.73. The fourth-order valence-electron chi connectivity index (χ4n) is 15.2. The van der Waals surface area contributed by atoms with Crippen molar-refractivity contribution < 1.29 is 8.78 Å². The number of aromatic nitrogens is 12. The third-order valence-electron chi connectivity index (χ3n) is 18.4. The van der Waals surface area contributed by atoms with Crippen molar-refractivity contribution in [1.29, 1.82) is 10.5 Å². The fourth-order valence-corrected chi connectivity index (χ4v) is 18.2. The van der Waals surface area contributed by atoms with Crippen molar-refractivity contribution >= 4 is 108 Å². The summed E-state index contributed by atoms with van der Waals surface area (Å²) in [6.45, 7) is 19.9. The minimum atomic E-state index is -0.374. The minimum Gasteiger partial charge on any atom is -0.359 e. The third kappa shape index (κ3) is 13.4. The molecule has 4 aliphatic rings. The van der Waals surface area contributed by atoms with Gasteiger partial charge in [-0.15, -0.1) is 0 Å². The Morgan fingerprint density at radius 3 is 1.62 bits per heavy atom. The zero-order valence-corrected chi connectivity index (χ0v) is 57.8. The zero-order valence-electron chi connectivity index (χ0n) is 55.3. The first kappa shape index (κ1) is 63.7. The Bertz CT molecular complexity index is 5010. The van der Waals surface area contributed by atoms with Crippen LogP contribution in [0.4, 0.5) is 24.2 Å². The molecule has 2 bridgehead atoms. The average Bonchev–Trinajstić information content (AvgIpc) is 1.68. The maximum absolute atomic E-state index is 15.1. The number of nitrogens with zero attached hydrogens (tertiary/aromatic N) is 15. The number of rotatable bonds is 9. The van der Waals surface area contributed by atoms with Crippen LogP contribution in [0, 0.1) is 41.2 Å². The van der Waals surface area contributed by atoms with Gasteiger partial charge in [-0.25, -0.2) is 33.2 Å². The highest BCUT2D eigenvalue weighted by atomic mass is 32.1. The molecule has 0 saturated carbocycles. The number of pyridine rings is 2. The summed E-state index contributed by atoms with van der Waals surface area (Å²) in [5.41, 5.74) is 10.1. The monoisotopic (exact) mass is 1330 g/mol. The van der Waals surface area contributed by atoms with E-state index in [1.807, 2.05) is 62.9 Å². The van der Waals surface area contributed by atoms with Crippen LogP contribution in [0.1, 0.15) is 124 Å². The Morgan fingerprint density at radius 2 is 1.07 bits per heavy atom. The van der Waals surface area contributed by atoms with E-state index in [9.17, 15) is 14.9 Å². The number of benzene rings is 3. The van der Waals surface area contributed by atoms with Crippen LogP contribution in [0.25, 0.3) is 91.9 Å². The molecule has 488 valence electrons. The molecule has 20 nitrogen and oxygen atoms in total. The van der Waals surface area contributed by atoms with Crippen LogP contribution in [0.3, 0.4) is 0 Å². The van der Waals surface area contributed by atoms with Crippen molar-refractivity contribution in [2.45, 2.75) is 166 Å². The lowest BCUT2D eigenvalue weighted by atomic mass is 9.80. The van der Waals surface area contributed by atoms with Crippen molar-refractivity contribution in [2.24, 2.45) is 14.1 Å². The predicted octanol–water partition coefficient (Wildman–Crippen LogP) is 14.0. The van der Waals surface area contributed by atoms with Crippen molar-refractivity contribution in [3.05, 3.63) is 114 Å². The Morgan fingerprint density at radius 1 is 0.568 bits per heavy atom. The number of piperidine rings is 3. The van der Waals surface area contributed by atoms with E-state index in [0.29, 0.717) is 69.3 Å². The Hall–Kier alpha value is -8.69. The fraction of sp³-hybridized carbons (Fsp3) is 0.414. The number of hydrogen-bond donors (Lipinski definition) is 5. The smallest absolute Gasteiger partial charge is 0.186 e. The standard InChI is InChI=1S/C24H27N7S.C23H22FN7S.C23H27FN6S/c1-23(2)9-17(10-24(3,4)30-23)27-22-28-19-12-26-18(8-20(19)32-22)14-6-15(11-25)21-16(7-14)13-31(5)29-21;1-12-11-31-22(26-12)14(10-25)6-19(29-31)13-5-18(24)21-20(7-13)32-23(28-21)30(2)17-8-15-3-4-16(9-17)27-15;1-22(2)9-15(10-23(3,4)29-22)26-21-27-18-11-25-17(8-19(18)31-21)13-6-14-12-30(5)28-20(14)16(24)7-13/h6-8,12-13,17,30H,9-10H2,1-5H3,(H,27,28);5-7,11,15-17,27H,3-4,8-9H2,1-2H3;6-8,11-12,15,29H,9-10H2,1-5H3,(H,26,27). The summed E-state index contributed by atoms with van der Waals surface area (Å²) in [5.74, 6) is -0.709. The highest BCUT2D eigenvalue weighted by Gasteiger charge is 2.40. The first-order valence-corrected chi connectivity index (χ1v) is 34.6. The van der Waals surface area contributed by atoms with Crippen molar-refractivity contribution in [2.75, 3.05) is 22.6 Å². The van der Waals surface area contributed by atoms with Crippen LogP contribution in [0.5, 0.6) is 0 Å². The number of halogens is 2. The first-order chi connectivity index (χ1) is 45.2. The van der Waals surface area contributed by atoms with Gasteiger partial charge < -0.3 is 31.5 Å². The molecule has 2 atom stereocenters. The second-order valence-electron chi connectivity index (χ2n) is 28.9. The van der Waals surface area contributed by atoms with Crippen molar-refractivity contribution in [1.82, 2.24) is 75.0 Å². The van der Waals surface area contributed by atoms with E-state index in [-0.39, 0.29) is 33.8 Å². The van der Waals surface area contributed by atoms with Gasteiger partial charge in [-0.2, -0.15) is 25.8 Å². The number of anilines is 3. The van der Waals surface area contributed by atoms with E-state index in [4.69, 9.17) is 9.97 Å². The number of aryl methyl sites for hydroxylation is 3. The third-order valence-corrected chi connectivity index (χ3v) is 21.4. The van der Waals surface area contributed by atoms with Crippen molar-refractivity contribution in [3.8, 4) is 45.9 Å². The van der Waals surface area contributed by atoms with Gasteiger partial charge in [0, 0.05) is 113 Å². The van der Waals surface area contributed by atoms with E-state index in [1.54, 1.807) is 62.1 Å². The molecule has 3 aromatic carbocycles. The van der Waals surface area contributed by atoms with Crippen molar-refractivity contribution in [3.63, 3.8) is 0 Å². The summed E-state index contributed by atoms with van der Waals surface area (Å²) in [6.07, 6.45) is 17.9. The molecule has 0 amide bonds. The normalized spacial score (nSPS) is 19.8. The second kappa shape index (κ2) is 24.2. The van der Waals surface area contributed by atoms with Gasteiger partial charge in [-0.3, -0.25) is 19.3 Å². The minimum absolute atomic E-state index is 0.0693. The van der Waals surface area contributed by atoms with Crippen LogP contribution in [-0.4, -0.2) is 118 Å². The van der Waals surface area contributed by atoms with E-state index in [0.717, 1.165) is 124 Å². The van der Waals surface area contributed by atoms with Gasteiger partial charge in [0.25, 0.3) is 0 Å². The summed E-state index contributed by atoms with van der Waals surface area (Å²) < 4.78 is 37.4. The number of hydrogen-bond acceptors (Lipinski definition) is 20. The van der Waals surface area contributed by atoms with Crippen LogP contribution in [-0.2, 0) is 14.1 Å². The second-order valence-corrected chi connectivity index (χ2v) is 31.9. The van der Waals surface area contributed by atoms with Gasteiger partial charge >= 0.3 is 0 Å². The van der Waals surface area contributed by atoms with Crippen LogP contribution >= 0.6 is 34.0 Å². The maximum atomic E-state index is 15.1. The molecule has 5 N–H and O–H groups in total. The molecule has 16 rings (SSSR count). The highest BCUT2D eigenvalue weighted by molar-refractivity contribution is 7.23. The van der Waals surface area contributed by atoms with Crippen LogP contribution < -0.4 is 31.5 Å². The quantitative estimate of drug-likeness (QED) is 0.0902. The Labute approximate surface area is 561 Å². The zero-order chi connectivity index (χ0) is 66.6. The molecule has 13 heterocycles. The molecule has 2 unspecified atom stereocenters. The molecule has 9 aromatic heterocycles. The van der Waals surface area contributed by atoms with Gasteiger partial charge in [-0.1, -0.05) is 34.0 Å². The molecule has 0 aliphatic carbocycles. The van der Waals surface area contributed by atoms with Crippen LogP contribution in [0.2, 0.25) is 0 Å². The van der Waals surface area contributed by atoms with E-state index in [2.05, 4.69) is 147 Å². The number of nitrogens with one attached hydrogen (secondary N) is 5. The maximum Gasteiger partial charge on any atom is 0.186 e. The number of imidazole rings is 1. The average molecular weight is 1330 g/mol. The topological polar surface area (TPSA) is 241 Å². The van der Waals surface area contributed by atoms with E-state index >= 15 is 4.39 Å². The van der Waals surface area contributed by atoms with Gasteiger partial charge in [0.2, 0.25) is 0 Å². The summed E-state index contributed by atoms with van der Waals surface area (Å²) in [5, 5.41) is 55.1. The number of nitriles is 2. The number of fused-ring (bicyclic) bond motifs is 8. The SMILES string of the molecule is Cc1cn2nc(-c3cc(F)c4nc(N(C)C5CC6CCC(C5)N6)sc4c3)cc(C#N)c2n1.Cn1cc2cc(-c3cc4sc(NC5CC(C)(C)NC(C)(C)C5)nc4cn3)cc(C#N)c2n1.Cn1cc2cc(-c3cc4sc(NC5CC(C)(C)NC(C)(C)C5)nc4cn3)cc(F)c2n1. The molecule has 4 saturated heterocycles. The molecule has 95 heavy (non-hydrogen) atoms. The molecular formula is C70H76F2N20S3. The lowest BCUT2D eigenvalue weighted by molar-refractivity contribution is 0.170. The molecular weight excluding hydrogens is 1260 g/mol. The van der Waals surface area contributed by atoms with Crippen LogP contribution in [0.15, 0.2) is 85.6 Å². The molecule has 0 spiro atoms. The van der Waals surface area contributed by atoms with E-state index < -0.39 is 0 Å². The summed E-state index contributed by atoms with van der Waals surface area (Å²) in [4.78, 5) is 29.9. The summed E-state index contributed by atoms with van der Waals surface area (Å²) in [6, 6.07) is 23.2. The van der Waals surface area contributed by atoms with Gasteiger partial charge in [0.1, 0.15) is 39.7 Å². The number of thiazole rings is 3. The molecule has 4 fully saturated rings. The lowest BCUT2D eigenvalue weighted by Gasteiger charge is -2.46. The Kier molecular flexibility index (Phi) is 16.2. The molecule has 25 heteroatoms. The molecule has 0 radical (unpaired) electrons. The van der Waals surface area contributed by atoms with Gasteiger partial charge in [-0.05, 0) is 168 Å². The molecule has 12 aromatic rings.